The number of nitrogens with zero attached hydrogens (tertiary/aromatic N) is 1. The van der Waals surface area contributed by atoms with Crippen LogP contribution in [-0.2, 0) is 0 Å². The van der Waals surface area contributed by atoms with Gasteiger partial charge in [0, 0.05) is 36.9 Å². The van der Waals surface area contributed by atoms with Gasteiger partial charge in [0.05, 0.1) is 0 Å². The number of carbonyl (C=O) groups excluding carboxylic acids is 1. The van der Waals surface area contributed by atoms with Gasteiger partial charge in [-0.05, 0) is 31.3 Å². The lowest BCUT2D eigenvalue weighted by atomic mass is 10.3. The summed E-state index contributed by atoms with van der Waals surface area (Å²) in [6.07, 6.45) is 8.00. The van der Waals surface area contributed by atoms with Crippen molar-refractivity contribution in [2.75, 3.05) is 38.5 Å². The molecular formula is C14H21ClN4O. The smallest absolute Gasteiger partial charge is 0.321 e. The van der Waals surface area contributed by atoms with Gasteiger partial charge in [-0.15, -0.1) is 12.8 Å². The van der Waals surface area contributed by atoms with Crippen molar-refractivity contribution >= 4 is 23.3 Å². The Hall–Kier alpha value is -1.74. The van der Waals surface area contributed by atoms with Gasteiger partial charge in [0.15, 0.2) is 0 Å². The number of hydrogen-bond donors (Lipinski definition) is 3. The number of piperazine rings is 1. The van der Waals surface area contributed by atoms with E-state index in [1.54, 1.807) is 29.2 Å². The molecule has 1 aliphatic rings. The molecule has 0 bridgehead atoms. The number of carbonyl (C=O) groups is 1. The van der Waals surface area contributed by atoms with Crippen LogP contribution in [-0.4, -0.2) is 44.2 Å². The van der Waals surface area contributed by atoms with E-state index in [1.165, 1.54) is 7.05 Å². The Morgan fingerprint density at radius 1 is 1.25 bits per heavy atom. The van der Waals surface area contributed by atoms with Crippen LogP contribution >= 0.6 is 11.6 Å². The summed E-state index contributed by atoms with van der Waals surface area (Å²) in [6, 6.07) is 7.05. The molecular weight excluding hydrogens is 276 g/mol. The van der Waals surface area contributed by atoms with Crippen molar-refractivity contribution in [1.29, 1.82) is 0 Å². The second-order valence-corrected chi connectivity index (χ2v) is 4.11. The minimum absolute atomic E-state index is 0.0520. The summed E-state index contributed by atoms with van der Waals surface area (Å²) < 4.78 is 0. The average molecular weight is 297 g/mol. The van der Waals surface area contributed by atoms with Gasteiger partial charge >= 0.3 is 6.03 Å². The van der Waals surface area contributed by atoms with Crippen molar-refractivity contribution in [3.8, 4) is 12.8 Å². The zero-order valence-electron chi connectivity index (χ0n) is 11.6. The summed E-state index contributed by atoms with van der Waals surface area (Å²) in [4.78, 5) is 13.6. The Morgan fingerprint density at radius 3 is 2.25 bits per heavy atom. The molecule has 6 heteroatoms. The highest BCUT2D eigenvalue weighted by Crippen LogP contribution is 2.13. The number of amides is 2. The number of urea groups is 1. The van der Waals surface area contributed by atoms with E-state index in [0.717, 1.165) is 31.9 Å². The third-order valence-electron chi connectivity index (χ3n) is 2.50. The monoisotopic (exact) mass is 296 g/mol. The summed E-state index contributed by atoms with van der Waals surface area (Å²) in [5, 5.41) is 6.71. The first kappa shape index (κ1) is 18.3. The lowest BCUT2D eigenvalue weighted by molar-refractivity contribution is 0.204. The van der Waals surface area contributed by atoms with E-state index in [9.17, 15) is 4.79 Å². The molecule has 1 aliphatic heterocycles. The molecule has 0 spiro atoms. The van der Waals surface area contributed by atoms with E-state index >= 15 is 0 Å². The third-order valence-corrected chi connectivity index (χ3v) is 2.75. The van der Waals surface area contributed by atoms with E-state index in [4.69, 9.17) is 11.6 Å². The Morgan fingerprint density at radius 2 is 1.75 bits per heavy atom. The number of anilines is 1. The Balaban J connectivity index is 0.000000829. The lowest BCUT2D eigenvalue weighted by Gasteiger charge is -2.27. The standard InChI is InChI=1S/C11H14ClN3O.C2H2.CH5N/c12-9-1-3-10(4-2-9)14-11(16)15-7-5-13-6-8-15;2*1-2/h1-4,13H,5-8H2,(H,14,16);1-2H;2H2,1H3. The second kappa shape index (κ2) is 11.1. The molecule has 0 aliphatic carbocycles. The quantitative estimate of drug-likeness (QED) is 0.690. The summed E-state index contributed by atoms with van der Waals surface area (Å²) in [6.45, 7) is 3.21. The molecule has 0 aromatic heterocycles. The van der Waals surface area contributed by atoms with Gasteiger partial charge in [-0.1, -0.05) is 11.6 Å². The average Bonchev–Trinajstić information content (AvgIpc) is 2.54. The molecule has 1 aromatic carbocycles. The lowest BCUT2D eigenvalue weighted by Crippen LogP contribution is -2.48. The third kappa shape index (κ3) is 6.43. The predicted octanol–water partition coefficient (Wildman–Crippen LogP) is 1.60. The van der Waals surface area contributed by atoms with Crippen molar-refractivity contribution in [3.05, 3.63) is 29.3 Å². The predicted molar refractivity (Wildman–Crippen MR) is 84.9 cm³/mol. The molecule has 1 fully saturated rings. The number of hydrogen-bond acceptors (Lipinski definition) is 3. The van der Waals surface area contributed by atoms with Crippen molar-refractivity contribution in [2.24, 2.45) is 5.73 Å². The maximum Gasteiger partial charge on any atom is 0.321 e. The van der Waals surface area contributed by atoms with Crippen molar-refractivity contribution < 1.29 is 4.79 Å². The number of nitrogens with one attached hydrogen (secondary N) is 2. The summed E-state index contributed by atoms with van der Waals surface area (Å²) >= 11 is 5.77. The normalized spacial score (nSPS) is 13.2. The maximum absolute atomic E-state index is 11.8. The molecule has 5 nitrogen and oxygen atoms in total. The Kier molecular flexibility index (Phi) is 10.2. The highest BCUT2D eigenvalue weighted by atomic mass is 35.5. The number of nitrogens with two attached hydrogens (primary N) is 1. The van der Waals surface area contributed by atoms with Gasteiger partial charge in [-0.3, -0.25) is 0 Å². The maximum atomic E-state index is 11.8. The molecule has 20 heavy (non-hydrogen) atoms. The minimum atomic E-state index is -0.0520. The fraction of sp³-hybridized carbons (Fsp3) is 0.357. The van der Waals surface area contributed by atoms with E-state index in [2.05, 4.69) is 29.2 Å². The largest absolute Gasteiger partial charge is 0.333 e. The van der Waals surface area contributed by atoms with Crippen LogP contribution in [0.5, 0.6) is 0 Å². The van der Waals surface area contributed by atoms with Crippen LogP contribution in [0.15, 0.2) is 24.3 Å². The molecule has 110 valence electrons. The number of benzene rings is 1. The first-order valence-corrected chi connectivity index (χ1v) is 6.57. The zero-order valence-corrected chi connectivity index (χ0v) is 12.4. The van der Waals surface area contributed by atoms with Gasteiger partial charge in [-0.2, -0.15) is 0 Å². The second-order valence-electron chi connectivity index (χ2n) is 3.67. The molecule has 1 aromatic rings. The molecule has 4 N–H and O–H groups in total. The molecule has 0 atom stereocenters. The molecule has 0 saturated carbocycles. The molecule has 0 radical (unpaired) electrons. The van der Waals surface area contributed by atoms with E-state index in [-0.39, 0.29) is 6.03 Å². The minimum Gasteiger partial charge on any atom is -0.333 e. The highest BCUT2D eigenvalue weighted by Gasteiger charge is 2.15. The zero-order chi connectivity index (χ0) is 15.4. The highest BCUT2D eigenvalue weighted by molar-refractivity contribution is 6.30. The van der Waals surface area contributed by atoms with Crippen LogP contribution in [0, 0.1) is 12.8 Å². The van der Waals surface area contributed by atoms with Crippen LogP contribution in [0.2, 0.25) is 5.02 Å². The number of terminal acetylenes is 1. The summed E-state index contributed by atoms with van der Waals surface area (Å²) in [7, 11) is 1.50. The summed E-state index contributed by atoms with van der Waals surface area (Å²) in [5.41, 5.74) is 5.27. The van der Waals surface area contributed by atoms with Crippen LogP contribution < -0.4 is 16.4 Å². The van der Waals surface area contributed by atoms with Crippen LogP contribution in [0.25, 0.3) is 0 Å². The van der Waals surface area contributed by atoms with Crippen molar-refractivity contribution in [1.82, 2.24) is 10.2 Å². The van der Waals surface area contributed by atoms with Crippen molar-refractivity contribution in [3.63, 3.8) is 0 Å². The number of halogens is 1. The van der Waals surface area contributed by atoms with E-state index in [0.29, 0.717) is 5.02 Å². The van der Waals surface area contributed by atoms with Gasteiger partial charge in [0.1, 0.15) is 0 Å². The Labute approximate surface area is 125 Å². The molecule has 2 rings (SSSR count). The fourth-order valence-electron chi connectivity index (χ4n) is 1.60. The van der Waals surface area contributed by atoms with Crippen LogP contribution in [0.4, 0.5) is 10.5 Å². The van der Waals surface area contributed by atoms with Crippen molar-refractivity contribution in [2.45, 2.75) is 0 Å². The van der Waals surface area contributed by atoms with Gasteiger partial charge in [0.25, 0.3) is 0 Å². The molecule has 0 unspecified atom stereocenters. The SMILES string of the molecule is C#C.CN.O=C(Nc1ccc(Cl)cc1)N1CCNCC1. The van der Waals surface area contributed by atoms with Gasteiger partial charge in [0.2, 0.25) is 0 Å². The topological polar surface area (TPSA) is 70.4 Å². The van der Waals surface area contributed by atoms with Crippen LogP contribution in [0.1, 0.15) is 0 Å². The Bertz CT molecular complexity index is 399. The van der Waals surface area contributed by atoms with Crippen LogP contribution in [0.3, 0.4) is 0 Å². The van der Waals surface area contributed by atoms with E-state index < -0.39 is 0 Å². The van der Waals surface area contributed by atoms with Gasteiger partial charge < -0.3 is 21.3 Å². The fourth-order valence-corrected chi connectivity index (χ4v) is 1.73. The van der Waals surface area contributed by atoms with Gasteiger partial charge in [-0.25, -0.2) is 4.79 Å². The molecule has 2 amide bonds. The molecule has 1 heterocycles. The summed E-state index contributed by atoms with van der Waals surface area (Å²) in [5.74, 6) is 0. The first-order chi connectivity index (χ1) is 9.75. The number of rotatable bonds is 1. The first-order valence-electron chi connectivity index (χ1n) is 6.19. The van der Waals surface area contributed by atoms with E-state index in [1.807, 2.05) is 0 Å². The molecule has 1 saturated heterocycles.